The molecule has 2 fully saturated rings. The normalized spacial score (nSPS) is 22.5. The van der Waals surface area contributed by atoms with Gasteiger partial charge in [0, 0.05) is 6.04 Å². The van der Waals surface area contributed by atoms with Crippen LogP contribution in [-0.2, 0) is 6.42 Å². The molecule has 3 nitrogen and oxygen atoms in total. The molecule has 0 amide bonds. The van der Waals surface area contributed by atoms with E-state index in [-0.39, 0.29) is 0 Å². The molecule has 3 heteroatoms. The van der Waals surface area contributed by atoms with Gasteiger partial charge in [0.25, 0.3) is 0 Å². The van der Waals surface area contributed by atoms with Crippen molar-refractivity contribution in [3.63, 3.8) is 0 Å². The maximum absolute atomic E-state index is 5.91. The van der Waals surface area contributed by atoms with Gasteiger partial charge in [0.05, 0.1) is 13.7 Å². The Balaban J connectivity index is 1.67. The smallest absolute Gasteiger partial charge is 0.161 e. The predicted molar refractivity (Wildman–Crippen MR) is 75.9 cm³/mol. The van der Waals surface area contributed by atoms with Crippen LogP contribution >= 0.6 is 0 Å². The molecule has 1 aromatic carbocycles. The van der Waals surface area contributed by atoms with Gasteiger partial charge in [-0.2, -0.15) is 0 Å². The summed E-state index contributed by atoms with van der Waals surface area (Å²) in [7, 11) is 1.71. The van der Waals surface area contributed by atoms with Crippen LogP contribution in [0.15, 0.2) is 18.2 Å². The van der Waals surface area contributed by atoms with Gasteiger partial charge in [-0.3, -0.25) is 0 Å². The molecule has 1 atom stereocenters. The molecule has 0 radical (unpaired) electrons. The van der Waals surface area contributed by atoms with Gasteiger partial charge in [-0.25, -0.2) is 0 Å². The first-order chi connectivity index (χ1) is 9.35. The number of methoxy groups -OCH3 is 1. The summed E-state index contributed by atoms with van der Waals surface area (Å²) in [5, 5.41) is 3.54. The van der Waals surface area contributed by atoms with Crippen LogP contribution in [0.25, 0.3) is 0 Å². The number of nitrogens with one attached hydrogen (secondary N) is 1. The molecule has 1 aromatic rings. The van der Waals surface area contributed by atoms with E-state index in [1.165, 1.54) is 31.2 Å². The van der Waals surface area contributed by atoms with Crippen molar-refractivity contribution >= 4 is 0 Å². The van der Waals surface area contributed by atoms with Crippen molar-refractivity contribution in [3.05, 3.63) is 23.8 Å². The second-order valence-electron chi connectivity index (χ2n) is 5.74. The van der Waals surface area contributed by atoms with Gasteiger partial charge in [0.15, 0.2) is 11.5 Å². The van der Waals surface area contributed by atoms with Crippen LogP contribution < -0.4 is 14.8 Å². The van der Waals surface area contributed by atoms with Crippen molar-refractivity contribution < 1.29 is 9.47 Å². The molecular formula is C16H23NO2. The second-order valence-corrected chi connectivity index (χ2v) is 5.74. The highest BCUT2D eigenvalue weighted by Crippen LogP contribution is 2.33. The summed E-state index contributed by atoms with van der Waals surface area (Å²) < 4.78 is 11.3. The van der Waals surface area contributed by atoms with E-state index >= 15 is 0 Å². The summed E-state index contributed by atoms with van der Waals surface area (Å²) in [5.41, 5.74) is 1.34. The molecule has 0 bridgehead atoms. The fourth-order valence-electron chi connectivity index (χ4n) is 2.67. The van der Waals surface area contributed by atoms with E-state index in [0.717, 1.165) is 37.0 Å². The van der Waals surface area contributed by atoms with Crippen LogP contribution in [0.4, 0.5) is 0 Å². The van der Waals surface area contributed by atoms with Crippen molar-refractivity contribution in [2.75, 3.05) is 20.3 Å². The quantitative estimate of drug-likeness (QED) is 0.854. The van der Waals surface area contributed by atoms with Crippen molar-refractivity contribution in [2.24, 2.45) is 5.92 Å². The first kappa shape index (κ1) is 12.8. The molecule has 1 aliphatic carbocycles. The van der Waals surface area contributed by atoms with E-state index in [9.17, 15) is 0 Å². The lowest BCUT2D eigenvalue weighted by atomic mass is 10.0. The van der Waals surface area contributed by atoms with E-state index in [0.29, 0.717) is 6.04 Å². The van der Waals surface area contributed by atoms with Gasteiger partial charge in [-0.1, -0.05) is 6.07 Å². The van der Waals surface area contributed by atoms with E-state index in [1.807, 2.05) is 6.07 Å². The van der Waals surface area contributed by atoms with Crippen molar-refractivity contribution in [1.29, 1.82) is 0 Å². The van der Waals surface area contributed by atoms with Crippen LogP contribution in [0.1, 0.15) is 31.2 Å². The third-order valence-electron chi connectivity index (χ3n) is 4.04. The maximum Gasteiger partial charge on any atom is 0.161 e. The van der Waals surface area contributed by atoms with E-state index in [4.69, 9.17) is 9.47 Å². The van der Waals surface area contributed by atoms with E-state index < -0.39 is 0 Å². The average molecular weight is 261 g/mol. The van der Waals surface area contributed by atoms with Crippen LogP contribution in [0, 0.1) is 5.92 Å². The summed E-state index contributed by atoms with van der Waals surface area (Å²) in [6.45, 7) is 1.99. The number of benzene rings is 1. The molecule has 1 aliphatic heterocycles. The lowest BCUT2D eigenvalue weighted by Gasteiger charge is -2.14. The molecule has 1 unspecified atom stereocenters. The second kappa shape index (κ2) is 5.83. The molecule has 0 spiro atoms. The molecule has 2 aliphatic rings. The molecule has 1 N–H and O–H groups in total. The minimum atomic E-state index is 0.629. The minimum Gasteiger partial charge on any atom is -0.493 e. The maximum atomic E-state index is 5.91. The monoisotopic (exact) mass is 261 g/mol. The number of hydrogen-bond acceptors (Lipinski definition) is 3. The Labute approximate surface area is 115 Å². The molecule has 1 saturated carbocycles. The van der Waals surface area contributed by atoms with E-state index in [1.54, 1.807) is 7.11 Å². The molecule has 3 rings (SSSR count). The molecule has 0 aromatic heterocycles. The lowest BCUT2D eigenvalue weighted by Crippen LogP contribution is -2.23. The Morgan fingerprint density at radius 3 is 2.79 bits per heavy atom. The zero-order valence-corrected chi connectivity index (χ0v) is 11.7. The molecule has 19 heavy (non-hydrogen) atoms. The van der Waals surface area contributed by atoms with Gasteiger partial charge in [-0.05, 0) is 62.3 Å². The number of ether oxygens (including phenoxy) is 2. The standard InChI is InChI=1S/C16H23NO2/c1-18-15-7-6-13(9-14-3-2-8-17-14)10-16(15)19-11-12-4-5-12/h6-7,10,12,14,17H,2-5,8-9,11H2,1H3. The molecule has 1 heterocycles. The molecule has 1 saturated heterocycles. The van der Waals surface area contributed by atoms with Gasteiger partial charge >= 0.3 is 0 Å². The summed E-state index contributed by atoms with van der Waals surface area (Å²) >= 11 is 0. The van der Waals surface area contributed by atoms with Crippen molar-refractivity contribution in [3.8, 4) is 11.5 Å². The van der Waals surface area contributed by atoms with Gasteiger partial charge in [0.1, 0.15) is 0 Å². The van der Waals surface area contributed by atoms with Gasteiger partial charge < -0.3 is 14.8 Å². The number of rotatable bonds is 6. The Morgan fingerprint density at radius 1 is 1.21 bits per heavy atom. The summed E-state index contributed by atoms with van der Waals surface area (Å²) in [6.07, 6.45) is 6.29. The highest BCUT2D eigenvalue weighted by Gasteiger charge is 2.23. The summed E-state index contributed by atoms with van der Waals surface area (Å²) in [5.74, 6) is 2.53. The van der Waals surface area contributed by atoms with Crippen molar-refractivity contribution in [1.82, 2.24) is 5.32 Å². The lowest BCUT2D eigenvalue weighted by molar-refractivity contribution is 0.280. The Kier molecular flexibility index (Phi) is 3.92. The fraction of sp³-hybridized carbons (Fsp3) is 0.625. The van der Waals surface area contributed by atoms with Crippen LogP contribution in [-0.4, -0.2) is 26.3 Å². The third kappa shape index (κ3) is 3.41. The van der Waals surface area contributed by atoms with Crippen molar-refractivity contribution in [2.45, 2.75) is 38.1 Å². The Bertz CT molecular complexity index is 423. The SMILES string of the molecule is COc1ccc(CC2CCCN2)cc1OCC1CC1. The number of hydrogen-bond donors (Lipinski definition) is 1. The summed E-state index contributed by atoms with van der Waals surface area (Å²) in [4.78, 5) is 0. The van der Waals surface area contributed by atoms with E-state index in [2.05, 4.69) is 17.4 Å². The zero-order valence-electron chi connectivity index (χ0n) is 11.7. The molecule has 104 valence electrons. The highest BCUT2D eigenvalue weighted by atomic mass is 16.5. The van der Waals surface area contributed by atoms with Crippen LogP contribution in [0.3, 0.4) is 0 Å². The fourth-order valence-corrected chi connectivity index (χ4v) is 2.67. The van der Waals surface area contributed by atoms with Crippen LogP contribution in [0.2, 0.25) is 0 Å². The third-order valence-corrected chi connectivity index (χ3v) is 4.04. The topological polar surface area (TPSA) is 30.5 Å². The van der Waals surface area contributed by atoms with Gasteiger partial charge in [-0.15, -0.1) is 0 Å². The summed E-state index contributed by atoms with van der Waals surface area (Å²) in [6, 6.07) is 6.97. The van der Waals surface area contributed by atoms with Gasteiger partial charge in [0.2, 0.25) is 0 Å². The Morgan fingerprint density at radius 2 is 2.11 bits per heavy atom. The first-order valence-electron chi connectivity index (χ1n) is 7.38. The average Bonchev–Trinajstić information content (AvgIpc) is 3.13. The van der Waals surface area contributed by atoms with Crippen LogP contribution in [0.5, 0.6) is 11.5 Å². The Hall–Kier alpha value is -1.22. The highest BCUT2D eigenvalue weighted by molar-refractivity contribution is 5.43. The molecular weight excluding hydrogens is 238 g/mol. The predicted octanol–water partition coefficient (Wildman–Crippen LogP) is 2.78. The first-order valence-corrected chi connectivity index (χ1v) is 7.38. The zero-order chi connectivity index (χ0) is 13.1. The minimum absolute atomic E-state index is 0.629. The largest absolute Gasteiger partial charge is 0.493 e.